The summed E-state index contributed by atoms with van der Waals surface area (Å²) in [6.45, 7) is 2.30. The topological polar surface area (TPSA) is 56.2 Å². The van der Waals surface area contributed by atoms with Crippen molar-refractivity contribution in [2.45, 2.75) is 12.5 Å². The summed E-state index contributed by atoms with van der Waals surface area (Å²) in [4.78, 5) is 15.8. The number of rotatable bonds is 3. The second-order valence-electron chi connectivity index (χ2n) is 3.75. The van der Waals surface area contributed by atoms with Gasteiger partial charge >= 0.3 is 0 Å². The molecule has 5 nitrogen and oxygen atoms in total. The van der Waals surface area contributed by atoms with E-state index in [1.807, 2.05) is 7.05 Å². The number of carbonyl (C=O) groups is 1. The van der Waals surface area contributed by atoms with Gasteiger partial charge in [0.1, 0.15) is 5.69 Å². The van der Waals surface area contributed by atoms with E-state index in [1.54, 1.807) is 17.1 Å². The molecule has 0 bridgehead atoms. The first-order valence-corrected chi connectivity index (χ1v) is 5.09. The Morgan fingerprint density at radius 3 is 3.27 bits per heavy atom. The first kappa shape index (κ1) is 10.3. The first-order chi connectivity index (χ1) is 7.25. The van der Waals surface area contributed by atoms with Crippen molar-refractivity contribution in [1.29, 1.82) is 0 Å². The molecule has 0 amide bonds. The number of ether oxygens (including phenoxy) is 1. The fraction of sp³-hybridized carbons (Fsp3) is 0.600. The number of ketones is 1. The number of imidazole rings is 1. The highest BCUT2D eigenvalue weighted by molar-refractivity contribution is 5.94. The average Bonchev–Trinajstić information content (AvgIpc) is 2.66. The summed E-state index contributed by atoms with van der Waals surface area (Å²) >= 11 is 0. The fourth-order valence-electron chi connectivity index (χ4n) is 1.62. The Kier molecular flexibility index (Phi) is 3.13. The molecule has 1 aromatic heterocycles. The van der Waals surface area contributed by atoms with Crippen LogP contribution in [0.4, 0.5) is 0 Å². The Balaban J connectivity index is 1.91. The minimum absolute atomic E-state index is 0.00624. The van der Waals surface area contributed by atoms with E-state index in [1.165, 1.54) is 0 Å². The van der Waals surface area contributed by atoms with E-state index < -0.39 is 0 Å². The van der Waals surface area contributed by atoms with Crippen molar-refractivity contribution in [3.05, 3.63) is 18.2 Å². The summed E-state index contributed by atoms with van der Waals surface area (Å²) in [6, 6.07) is 0. The van der Waals surface area contributed by atoms with Crippen LogP contribution in [0.2, 0.25) is 0 Å². The fourth-order valence-corrected chi connectivity index (χ4v) is 1.62. The maximum Gasteiger partial charge on any atom is 0.185 e. The Hall–Kier alpha value is -1.20. The number of carbonyl (C=O) groups excluding carboxylic acids is 1. The van der Waals surface area contributed by atoms with Gasteiger partial charge in [-0.15, -0.1) is 0 Å². The highest BCUT2D eigenvalue weighted by atomic mass is 16.5. The van der Waals surface area contributed by atoms with Crippen molar-refractivity contribution < 1.29 is 9.53 Å². The van der Waals surface area contributed by atoms with Gasteiger partial charge in [0.15, 0.2) is 5.78 Å². The molecule has 0 radical (unpaired) electrons. The van der Waals surface area contributed by atoms with E-state index in [4.69, 9.17) is 4.74 Å². The molecule has 0 spiro atoms. The number of nitrogens with one attached hydrogen (secondary N) is 1. The van der Waals surface area contributed by atoms with Crippen molar-refractivity contribution in [3.8, 4) is 0 Å². The van der Waals surface area contributed by atoms with Crippen LogP contribution < -0.4 is 5.32 Å². The zero-order chi connectivity index (χ0) is 10.7. The second kappa shape index (κ2) is 4.55. The molecule has 5 heteroatoms. The smallest absolute Gasteiger partial charge is 0.185 e. The van der Waals surface area contributed by atoms with Gasteiger partial charge in [-0.05, 0) is 0 Å². The van der Waals surface area contributed by atoms with Crippen LogP contribution in [0.25, 0.3) is 0 Å². The van der Waals surface area contributed by atoms with E-state index in [2.05, 4.69) is 10.3 Å². The number of Topliss-reactive ketones (excluding diaryl/α,β-unsaturated/α-hetero) is 1. The van der Waals surface area contributed by atoms with Crippen LogP contribution in [0.1, 0.15) is 16.9 Å². The van der Waals surface area contributed by atoms with Crippen LogP contribution in [-0.4, -0.2) is 41.1 Å². The van der Waals surface area contributed by atoms with Gasteiger partial charge in [0.2, 0.25) is 0 Å². The molecule has 1 N–H and O–H groups in total. The molecule has 1 atom stereocenters. The third-order valence-corrected chi connectivity index (χ3v) is 2.41. The highest BCUT2D eigenvalue weighted by Crippen LogP contribution is 2.07. The predicted octanol–water partition coefficient (Wildman–Crippen LogP) is -0.0187. The summed E-state index contributed by atoms with van der Waals surface area (Å²) in [5.74, 6) is 0.0456. The lowest BCUT2D eigenvalue weighted by Gasteiger charge is -2.22. The molecular formula is C10H15N3O2. The molecule has 2 rings (SSSR count). The van der Waals surface area contributed by atoms with Crippen molar-refractivity contribution in [2.24, 2.45) is 7.05 Å². The molecule has 82 valence electrons. The number of hydrogen-bond donors (Lipinski definition) is 1. The van der Waals surface area contributed by atoms with Crippen LogP contribution in [0, 0.1) is 0 Å². The van der Waals surface area contributed by atoms with Gasteiger partial charge in [-0.2, -0.15) is 0 Å². The van der Waals surface area contributed by atoms with E-state index >= 15 is 0 Å². The molecule has 2 heterocycles. The predicted molar refractivity (Wildman–Crippen MR) is 54.8 cm³/mol. The maximum atomic E-state index is 11.7. The molecule has 1 aliphatic rings. The summed E-state index contributed by atoms with van der Waals surface area (Å²) in [6.07, 6.45) is 3.77. The van der Waals surface area contributed by atoms with Gasteiger partial charge in [-0.25, -0.2) is 4.98 Å². The number of aromatic nitrogens is 2. The van der Waals surface area contributed by atoms with Crippen molar-refractivity contribution >= 4 is 5.78 Å². The van der Waals surface area contributed by atoms with Crippen LogP contribution >= 0.6 is 0 Å². The Morgan fingerprint density at radius 2 is 2.67 bits per heavy atom. The Morgan fingerprint density at radius 1 is 1.80 bits per heavy atom. The van der Waals surface area contributed by atoms with E-state index in [9.17, 15) is 4.79 Å². The monoisotopic (exact) mass is 209 g/mol. The van der Waals surface area contributed by atoms with Crippen LogP contribution in [-0.2, 0) is 11.8 Å². The summed E-state index contributed by atoms with van der Waals surface area (Å²) < 4.78 is 7.23. The van der Waals surface area contributed by atoms with Gasteiger partial charge in [-0.1, -0.05) is 0 Å². The average molecular weight is 209 g/mol. The first-order valence-electron chi connectivity index (χ1n) is 5.09. The number of aryl methyl sites for hydroxylation is 1. The van der Waals surface area contributed by atoms with Crippen LogP contribution in [0.3, 0.4) is 0 Å². The van der Waals surface area contributed by atoms with Gasteiger partial charge in [0.25, 0.3) is 0 Å². The zero-order valence-electron chi connectivity index (χ0n) is 8.77. The SMILES string of the molecule is Cn1cnc(C(=O)CC2CNCCO2)c1. The maximum absolute atomic E-state index is 11.7. The lowest BCUT2D eigenvalue weighted by molar-refractivity contribution is 0.0239. The summed E-state index contributed by atoms with van der Waals surface area (Å²) in [5.41, 5.74) is 0.520. The standard InChI is InChI=1S/C10H15N3O2/c1-13-6-9(12-7-13)10(14)4-8-5-11-2-3-15-8/h6-8,11H,2-5H2,1H3. The molecule has 1 fully saturated rings. The second-order valence-corrected chi connectivity index (χ2v) is 3.75. The zero-order valence-corrected chi connectivity index (χ0v) is 8.77. The van der Waals surface area contributed by atoms with Crippen molar-refractivity contribution in [1.82, 2.24) is 14.9 Å². The highest BCUT2D eigenvalue weighted by Gasteiger charge is 2.19. The van der Waals surface area contributed by atoms with Gasteiger partial charge < -0.3 is 14.6 Å². The minimum atomic E-state index is -0.00624. The summed E-state index contributed by atoms with van der Waals surface area (Å²) in [7, 11) is 1.85. The molecule has 1 unspecified atom stereocenters. The largest absolute Gasteiger partial charge is 0.375 e. The van der Waals surface area contributed by atoms with Gasteiger partial charge in [0, 0.05) is 32.8 Å². The Bertz CT molecular complexity index is 342. The molecule has 0 saturated carbocycles. The number of nitrogens with zero attached hydrogens (tertiary/aromatic N) is 2. The van der Waals surface area contributed by atoms with Gasteiger partial charge in [0.05, 0.1) is 19.0 Å². The molecule has 0 aliphatic carbocycles. The number of hydrogen-bond acceptors (Lipinski definition) is 4. The minimum Gasteiger partial charge on any atom is -0.375 e. The molecular weight excluding hydrogens is 194 g/mol. The third-order valence-electron chi connectivity index (χ3n) is 2.41. The van der Waals surface area contributed by atoms with Crippen LogP contribution in [0.5, 0.6) is 0 Å². The normalized spacial score (nSPS) is 21.5. The molecule has 15 heavy (non-hydrogen) atoms. The Labute approximate surface area is 88.4 Å². The molecule has 1 aliphatic heterocycles. The van der Waals surface area contributed by atoms with Gasteiger partial charge in [-0.3, -0.25) is 4.79 Å². The van der Waals surface area contributed by atoms with Crippen LogP contribution in [0.15, 0.2) is 12.5 Å². The lowest BCUT2D eigenvalue weighted by Crippen LogP contribution is -2.39. The quantitative estimate of drug-likeness (QED) is 0.711. The summed E-state index contributed by atoms with van der Waals surface area (Å²) in [5, 5.41) is 3.19. The molecule has 1 saturated heterocycles. The van der Waals surface area contributed by atoms with Crippen molar-refractivity contribution in [3.63, 3.8) is 0 Å². The third kappa shape index (κ3) is 2.64. The van der Waals surface area contributed by atoms with Crippen molar-refractivity contribution in [2.75, 3.05) is 19.7 Å². The number of morpholine rings is 1. The van der Waals surface area contributed by atoms with E-state index in [0.717, 1.165) is 13.1 Å². The molecule has 0 aromatic carbocycles. The van der Waals surface area contributed by atoms with E-state index in [-0.39, 0.29) is 11.9 Å². The van der Waals surface area contributed by atoms with E-state index in [0.29, 0.717) is 18.7 Å². The lowest BCUT2D eigenvalue weighted by atomic mass is 10.1. The molecule has 1 aromatic rings.